The number of nitrogens with zero attached hydrogens (tertiary/aromatic N) is 2. The molecule has 20 heavy (non-hydrogen) atoms. The molecule has 0 radical (unpaired) electrons. The predicted octanol–water partition coefficient (Wildman–Crippen LogP) is 2.44. The Kier molecular flexibility index (Phi) is 3.94. The van der Waals surface area contributed by atoms with E-state index in [-0.39, 0.29) is 12.0 Å². The fourth-order valence-corrected chi connectivity index (χ4v) is 3.40. The predicted molar refractivity (Wildman–Crippen MR) is 79.4 cm³/mol. The van der Waals surface area contributed by atoms with Gasteiger partial charge >= 0.3 is 0 Å². The highest BCUT2D eigenvalue weighted by molar-refractivity contribution is 5.17. The number of allylic oxidation sites excluding steroid dienone is 1. The summed E-state index contributed by atoms with van der Waals surface area (Å²) in [4.78, 5) is 2.44. The molecular formula is C16H25N3O. The number of hydrogen-bond donors (Lipinski definition) is 2. The van der Waals surface area contributed by atoms with Gasteiger partial charge in [-0.25, -0.2) is 0 Å². The molecule has 0 spiro atoms. The van der Waals surface area contributed by atoms with Gasteiger partial charge in [0.25, 0.3) is 0 Å². The average Bonchev–Trinajstić information content (AvgIpc) is 3.20. The van der Waals surface area contributed by atoms with Gasteiger partial charge < -0.3 is 5.11 Å². The van der Waals surface area contributed by atoms with Crippen LogP contribution in [0.4, 0.5) is 0 Å². The highest BCUT2D eigenvalue weighted by Crippen LogP contribution is 2.39. The lowest BCUT2D eigenvalue weighted by Gasteiger charge is -2.41. The normalized spacial score (nSPS) is 27.6. The third-order valence-corrected chi connectivity index (χ3v) is 4.69. The maximum absolute atomic E-state index is 9.75. The average molecular weight is 275 g/mol. The van der Waals surface area contributed by atoms with E-state index in [1.807, 2.05) is 6.08 Å². The van der Waals surface area contributed by atoms with Crippen LogP contribution in [0.15, 0.2) is 18.7 Å². The van der Waals surface area contributed by atoms with Crippen LogP contribution in [0.3, 0.4) is 0 Å². The van der Waals surface area contributed by atoms with E-state index in [0.29, 0.717) is 5.92 Å². The number of aromatic nitrogens is 2. The van der Waals surface area contributed by atoms with Gasteiger partial charge in [0.2, 0.25) is 0 Å². The summed E-state index contributed by atoms with van der Waals surface area (Å²) in [5.74, 6) is 0.707. The smallest absolute Gasteiger partial charge is 0.0656 e. The van der Waals surface area contributed by atoms with Crippen LogP contribution in [0.5, 0.6) is 0 Å². The number of nitrogens with one attached hydrogen (secondary N) is 1. The summed E-state index contributed by atoms with van der Waals surface area (Å²) in [5, 5.41) is 17.3. The molecule has 0 amide bonds. The second-order valence-corrected chi connectivity index (χ2v) is 6.56. The van der Waals surface area contributed by atoms with Gasteiger partial charge in [0.05, 0.1) is 12.3 Å². The fraction of sp³-hybridized carbons (Fsp3) is 0.688. The van der Waals surface area contributed by atoms with Crippen molar-refractivity contribution in [1.29, 1.82) is 0 Å². The molecule has 1 atom stereocenters. The van der Waals surface area contributed by atoms with Crippen molar-refractivity contribution in [3.63, 3.8) is 0 Å². The number of rotatable bonds is 6. The van der Waals surface area contributed by atoms with Crippen LogP contribution in [0.25, 0.3) is 0 Å². The Hall–Kier alpha value is -1.13. The van der Waals surface area contributed by atoms with Crippen molar-refractivity contribution >= 4 is 0 Å². The molecule has 1 unspecified atom stereocenters. The third kappa shape index (κ3) is 2.96. The summed E-state index contributed by atoms with van der Waals surface area (Å²) in [7, 11) is 0. The van der Waals surface area contributed by atoms with Gasteiger partial charge in [-0.2, -0.15) is 5.10 Å². The SMILES string of the molecule is C=CCC1(CO)CCCN(Cc2cc(C3CC3)n[nH]2)C1. The van der Waals surface area contributed by atoms with E-state index in [9.17, 15) is 5.11 Å². The van der Waals surface area contributed by atoms with Gasteiger partial charge in [-0.05, 0) is 44.7 Å². The lowest BCUT2D eigenvalue weighted by atomic mass is 9.78. The van der Waals surface area contributed by atoms with Gasteiger partial charge in [-0.1, -0.05) is 6.08 Å². The zero-order valence-corrected chi connectivity index (χ0v) is 12.1. The van der Waals surface area contributed by atoms with Crippen molar-refractivity contribution in [2.75, 3.05) is 19.7 Å². The molecule has 110 valence electrons. The molecule has 1 aliphatic heterocycles. The van der Waals surface area contributed by atoms with Crippen molar-refractivity contribution in [2.45, 2.75) is 44.6 Å². The molecule has 3 rings (SSSR count). The Labute approximate surface area is 120 Å². The molecule has 1 saturated carbocycles. The molecule has 2 heterocycles. The summed E-state index contributed by atoms with van der Waals surface area (Å²) in [5.41, 5.74) is 2.45. The Bertz CT molecular complexity index is 466. The fourth-order valence-electron chi connectivity index (χ4n) is 3.40. The number of aliphatic hydroxyl groups excluding tert-OH is 1. The minimum Gasteiger partial charge on any atom is -0.396 e. The van der Waals surface area contributed by atoms with Crippen LogP contribution in [0, 0.1) is 5.41 Å². The highest BCUT2D eigenvalue weighted by atomic mass is 16.3. The second kappa shape index (κ2) is 5.70. The summed E-state index contributed by atoms with van der Waals surface area (Å²) in [6.45, 7) is 7.07. The van der Waals surface area contributed by atoms with E-state index in [4.69, 9.17) is 0 Å². The Morgan fingerprint density at radius 3 is 3.10 bits per heavy atom. The lowest BCUT2D eigenvalue weighted by molar-refractivity contribution is 0.0304. The van der Waals surface area contributed by atoms with Crippen molar-refractivity contribution in [1.82, 2.24) is 15.1 Å². The van der Waals surface area contributed by atoms with Gasteiger partial charge in [-0.3, -0.25) is 10.00 Å². The molecular weight excluding hydrogens is 250 g/mol. The van der Waals surface area contributed by atoms with Crippen LogP contribution in [-0.4, -0.2) is 39.9 Å². The van der Waals surface area contributed by atoms with Crippen molar-refractivity contribution in [2.24, 2.45) is 5.41 Å². The zero-order chi connectivity index (χ0) is 14.0. The van der Waals surface area contributed by atoms with Gasteiger partial charge in [0.15, 0.2) is 0 Å². The lowest BCUT2D eigenvalue weighted by Crippen LogP contribution is -2.44. The summed E-state index contributed by atoms with van der Waals surface area (Å²) in [6.07, 6.45) is 7.68. The molecule has 4 nitrogen and oxygen atoms in total. The molecule has 0 aromatic carbocycles. The molecule has 2 fully saturated rings. The summed E-state index contributed by atoms with van der Waals surface area (Å²) < 4.78 is 0. The molecule has 4 heteroatoms. The van der Waals surface area contributed by atoms with Crippen LogP contribution in [-0.2, 0) is 6.54 Å². The first-order valence-electron chi connectivity index (χ1n) is 7.73. The number of aromatic amines is 1. The second-order valence-electron chi connectivity index (χ2n) is 6.56. The van der Waals surface area contributed by atoms with E-state index >= 15 is 0 Å². The van der Waals surface area contributed by atoms with E-state index in [2.05, 4.69) is 27.7 Å². The maximum atomic E-state index is 9.75. The minimum atomic E-state index is 0.0132. The standard InChI is InChI=1S/C16H25N3O/c1-2-6-16(12-20)7-3-8-19(11-16)10-14-9-15(18-17-14)13-4-5-13/h2,9,13,20H,1,3-8,10-12H2,(H,17,18). The number of hydrogen-bond acceptors (Lipinski definition) is 3. The van der Waals surface area contributed by atoms with E-state index in [1.54, 1.807) is 0 Å². The molecule has 1 aromatic rings. The third-order valence-electron chi connectivity index (χ3n) is 4.69. The van der Waals surface area contributed by atoms with Gasteiger partial charge in [0, 0.05) is 30.1 Å². The van der Waals surface area contributed by atoms with E-state index < -0.39 is 0 Å². The topological polar surface area (TPSA) is 52.1 Å². The van der Waals surface area contributed by atoms with Gasteiger partial charge in [0.1, 0.15) is 0 Å². The largest absolute Gasteiger partial charge is 0.396 e. The first-order valence-corrected chi connectivity index (χ1v) is 7.73. The molecule has 2 N–H and O–H groups in total. The first-order chi connectivity index (χ1) is 9.74. The monoisotopic (exact) mass is 275 g/mol. The molecule has 1 aromatic heterocycles. The maximum Gasteiger partial charge on any atom is 0.0656 e. The van der Waals surface area contributed by atoms with E-state index in [0.717, 1.165) is 38.9 Å². The van der Waals surface area contributed by atoms with Crippen molar-refractivity contribution in [3.05, 3.63) is 30.1 Å². The number of H-pyrrole nitrogens is 1. The van der Waals surface area contributed by atoms with Crippen LogP contribution in [0.1, 0.15) is 49.4 Å². The molecule has 1 aliphatic carbocycles. The number of aliphatic hydroxyl groups is 1. The first kappa shape index (κ1) is 13.8. The Balaban J connectivity index is 1.62. The quantitative estimate of drug-likeness (QED) is 0.784. The van der Waals surface area contributed by atoms with Crippen LogP contribution >= 0.6 is 0 Å². The molecule has 1 saturated heterocycles. The van der Waals surface area contributed by atoms with Crippen molar-refractivity contribution < 1.29 is 5.11 Å². The highest BCUT2D eigenvalue weighted by Gasteiger charge is 2.34. The Morgan fingerprint density at radius 2 is 2.40 bits per heavy atom. The van der Waals surface area contributed by atoms with Crippen LogP contribution in [0.2, 0.25) is 0 Å². The van der Waals surface area contributed by atoms with Gasteiger partial charge in [-0.15, -0.1) is 6.58 Å². The summed E-state index contributed by atoms with van der Waals surface area (Å²) >= 11 is 0. The zero-order valence-electron chi connectivity index (χ0n) is 12.1. The minimum absolute atomic E-state index is 0.0132. The Morgan fingerprint density at radius 1 is 1.55 bits per heavy atom. The number of piperidine rings is 1. The van der Waals surface area contributed by atoms with Crippen molar-refractivity contribution in [3.8, 4) is 0 Å². The van der Waals surface area contributed by atoms with Crippen LogP contribution < -0.4 is 0 Å². The molecule has 0 bridgehead atoms. The molecule has 2 aliphatic rings. The summed E-state index contributed by atoms with van der Waals surface area (Å²) in [6, 6.07) is 2.22. The van der Waals surface area contributed by atoms with E-state index in [1.165, 1.54) is 24.2 Å². The number of likely N-dealkylation sites (tertiary alicyclic amines) is 1.